The fraction of sp³-hybridized carbons (Fsp3) is 0.440. The van der Waals surface area contributed by atoms with E-state index in [1.165, 1.54) is 13.2 Å². The average molecular weight is 456 g/mol. The molecule has 1 unspecified atom stereocenters. The Kier molecular flexibility index (Phi) is 7.47. The zero-order valence-electron chi connectivity index (χ0n) is 19.6. The van der Waals surface area contributed by atoms with Gasteiger partial charge < -0.3 is 19.0 Å². The summed E-state index contributed by atoms with van der Waals surface area (Å²) >= 11 is 0. The minimum Gasteiger partial charge on any atom is -0.404 e. The third kappa shape index (κ3) is 4.13. The topological polar surface area (TPSA) is 47.9 Å². The first-order chi connectivity index (χ1) is 15.1. The van der Waals surface area contributed by atoms with Crippen molar-refractivity contribution < 1.29 is 23.4 Å². The molecule has 0 bridgehead atoms. The van der Waals surface area contributed by atoms with Gasteiger partial charge in [-0.3, -0.25) is 0 Å². The number of hydrogen-bond acceptors (Lipinski definition) is 4. The summed E-state index contributed by atoms with van der Waals surface area (Å²) in [5.41, 5.74) is -1.50. The molecule has 1 heterocycles. The summed E-state index contributed by atoms with van der Waals surface area (Å²) in [6.45, 7) is 10.0. The van der Waals surface area contributed by atoms with Crippen molar-refractivity contribution in [2.45, 2.75) is 55.8 Å². The highest BCUT2D eigenvalue weighted by Crippen LogP contribution is 2.41. The lowest BCUT2D eigenvalue weighted by Crippen LogP contribution is -2.69. The fourth-order valence-corrected chi connectivity index (χ4v) is 9.55. The Bertz CT molecular complexity index is 852. The van der Waals surface area contributed by atoms with Crippen LogP contribution >= 0.6 is 0 Å². The maximum Gasteiger partial charge on any atom is 0.261 e. The van der Waals surface area contributed by atoms with Gasteiger partial charge in [-0.1, -0.05) is 87.5 Å². The number of hydrogen-bond donors (Lipinski definition) is 1. The second kappa shape index (κ2) is 9.61. The van der Waals surface area contributed by atoms with Crippen molar-refractivity contribution in [3.8, 4) is 0 Å². The number of ether oxygens (including phenoxy) is 2. The first-order valence-corrected chi connectivity index (χ1v) is 12.9. The van der Waals surface area contributed by atoms with Crippen LogP contribution in [0, 0.1) is 0 Å². The number of halogens is 1. The number of alkyl halides is 1. The summed E-state index contributed by atoms with van der Waals surface area (Å²) in [5.74, 6) is 0. The van der Waals surface area contributed by atoms with Gasteiger partial charge in [0.15, 0.2) is 11.8 Å². The maximum absolute atomic E-state index is 15.5. The summed E-state index contributed by atoms with van der Waals surface area (Å²) in [7, 11) is 0.253. The average Bonchev–Trinajstić information content (AvgIpc) is 3.04. The molecular weight excluding hydrogens is 422 g/mol. The van der Waals surface area contributed by atoms with E-state index in [0.29, 0.717) is 0 Å². The molecule has 2 aromatic carbocycles. The Labute approximate surface area is 192 Å². The molecule has 0 amide bonds. The summed E-state index contributed by atoms with van der Waals surface area (Å²) in [5, 5.41) is 12.6. The normalized spacial score (nSPS) is 27.2. The van der Waals surface area contributed by atoms with E-state index < -0.39 is 38.3 Å². The van der Waals surface area contributed by atoms with Gasteiger partial charge in [-0.05, 0) is 15.4 Å². The van der Waals surface area contributed by atoms with Crippen LogP contribution in [0.15, 0.2) is 73.3 Å². The molecule has 1 aliphatic heterocycles. The SMILES string of the molecule is B[C@@H]1O[C@@](CO[Si](c2ccccc2)(c2ccccc2)C(C)(C)C)(C(F)C=C)[C@@H](OC)[C@H]1O. The van der Waals surface area contributed by atoms with Crippen LogP contribution in [0.1, 0.15) is 20.8 Å². The number of methoxy groups -OCH3 is 1. The number of aliphatic hydroxyl groups is 1. The zero-order chi connectivity index (χ0) is 23.6. The Balaban J connectivity index is 2.16. The first-order valence-electron chi connectivity index (χ1n) is 11.0. The molecule has 172 valence electrons. The molecule has 4 nitrogen and oxygen atoms in total. The van der Waals surface area contributed by atoms with Crippen LogP contribution in [0.5, 0.6) is 0 Å². The number of benzene rings is 2. The van der Waals surface area contributed by atoms with Crippen LogP contribution in [0.25, 0.3) is 0 Å². The van der Waals surface area contributed by atoms with E-state index in [1.807, 2.05) is 36.4 Å². The van der Waals surface area contributed by atoms with Gasteiger partial charge in [0, 0.05) is 7.11 Å². The van der Waals surface area contributed by atoms with Crippen LogP contribution in [-0.4, -0.2) is 65.0 Å². The molecule has 7 heteroatoms. The molecule has 1 aliphatic rings. The molecule has 0 aliphatic carbocycles. The lowest BCUT2D eigenvalue weighted by atomic mass is 9.87. The predicted molar refractivity (Wildman–Crippen MR) is 132 cm³/mol. The summed E-state index contributed by atoms with van der Waals surface area (Å²) in [6.07, 6.45) is -2.24. The second-order valence-corrected chi connectivity index (χ2v) is 13.8. The van der Waals surface area contributed by atoms with Gasteiger partial charge in [-0.2, -0.15) is 0 Å². The van der Waals surface area contributed by atoms with Gasteiger partial charge in [0.05, 0.1) is 12.6 Å². The number of aliphatic hydroxyl groups excluding tert-OH is 1. The van der Waals surface area contributed by atoms with Crippen LogP contribution < -0.4 is 10.4 Å². The van der Waals surface area contributed by atoms with E-state index >= 15 is 4.39 Å². The van der Waals surface area contributed by atoms with E-state index in [-0.39, 0.29) is 11.6 Å². The lowest BCUT2D eigenvalue weighted by Gasteiger charge is -2.46. The number of rotatable bonds is 8. The third-order valence-electron chi connectivity index (χ3n) is 6.54. The molecule has 1 fully saturated rings. The van der Waals surface area contributed by atoms with Crippen molar-refractivity contribution in [1.82, 2.24) is 0 Å². The van der Waals surface area contributed by atoms with Crippen LogP contribution in [0.4, 0.5) is 4.39 Å². The highest BCUT2D eigenvalue weighted by atomic mass is 28.4. The molecule has 3 rings (SSSR count). The van der Waals surface area contributed by atoms with Crippen molar-refractivity contribution in [3.63, 3.8) is 0 Å². The first kappa shape index (κ1) is 24.9. The maximum atomic E-state index is 15.5. The van der Waals surface area contributed by atoms with E-state index in [2.05, 4.69) is 51.6 Å². The molecule has 1 saturated heterocycles. The Morgan fingerprint density at radius 1 is 1.16 bits per heavy atom. The Hall–Kier alpha value is -1.77. The van der Waals surface area contributed by atoms with Crippen molar-refractivity contribution in [2.24, 2.45) is 0 Å². The van der Waals surface area contributed by atoms with Gasteiger partial charge in [-0.25, -0.2) is 4.39 Å². The smallest absolute Gasteiger partial charge is 0.261 e. The fourth-order valence-electron chi connectivity index (χ4n) is 4.96. The van der Waals surface area contributed by atoms with Gasteiger partial charge in [0.25, 0.3) is 8.32 Å². The van der Waals surface area contributed by atoms with Crippen LogP contribution in [0.2, 0.25) is 5.04 Å². The summed E-state index contributed by atoms with van der Waals surface area (Å²) < 4.78 is 34.0. The van der Waals surface area contributed by atoms with Crippen molar-refractivity contribution >= 4 is 26.5 Å². The summed E-state index contributed by atoms with van der Waals surface area (Å²) in [4.78, 5) is 0. The second-order valence-electron chi connectivity index (χ2n) is 9.51. The van der Waals surface area contributed by atoms with Crippen molar-refractivity contribution in [2.75, 3.05) is 13.7 Å². The van der Waals surface area contributed by atoms with Crippen LogP contribution in [0.3, 0.4) is 0 Å². The minimum absolute atomic E-state index is 0.0760. The molecule has 0 aromatic heterocycles. The zero-order valence-corrected chi connectivity index (χ0v) is 20.6. The molecule has 0 spiro atoms. The standard InChI is InChI=1S/C25H34BFO4Si/c1-6-20(27)25(22(29-5)21(28)23(26)31-25)17-30-32(24(2,3)4,18-13-9-7-10-14-18)19-15-11-8-12-16-19/h6-16,20-23,28H,1,17,26H2,2-5H3/t20?,21-,22+,23-,25+/m1/s1. The lowest BCUT2D eigenvalue weighted by molar-refractivity contribution is -0.136. The van der Waals surface area contributed by atoms with Crippen molar-refractivity contribution in [1.29, 1.82) is 0 Å². The van der Waals surface area contributed by atoms with Gasteiger partial charge in [-0.15, -0.1) is 6.58 Å². The van der Waals surface area contributed by atoms with Crippen LogP contribution in [-0.2, 0) is 13.9 Å². The van der Waals surface area contributed by atoms with Gasteiger partial charge in [0.2, 0.25) is 0 Å². The molecule has 5 atom stereocenters. The van der Waals surface area contributed by atoms with E-state index in [4.69, 9.17) is 13.9 Å². The van der Waals surface area contributed by atoms with Crippen molar-refractivity contribution in [3.05, 3.63) is 73.3 Å². The quantitative estimate of drug-likeness (QED) is 0.489. The van der Waals surface area contributed by atoms with E-state index in [1.54, 1.807) is 7.85 Å². The minimum atomic E-state index is -2.93. The Morgan fingerprint density at radius 2 is 1.66 bits per heavy atom. The van der Waals surface area contributed by atoms with Gasteiger partial charge >= 0.3 is 0 Å². The molecular formula is C25H34BFO4Si. The summed E-state index contributed by atoms with van der Waals surface area (Å²) in [6, 6.07) is 19.7. The third-order valence-corrected chi connectivity index (χ3v) is 11.5. The molecule has 0 radical (unpaired) electrons. The van der Waals surface area contributed by atoms with E-state index in [0.717, 1.165) is 10.4 Å². The molecule has 0 saturated carbocycles. The van der Waals surface area contributed by atoms with Gasteiger partial charge in [0.1, 0.15) is 20.1 Å². The monoisotopic (exact) mass is 456 g/mol. The molecule has 2 aromatic rings. The molecule has 1 N–H and O–H groups in total. The van der Waals surface area contributed by atoms with E-state index in [9.17, 15) is 5.11 Å². The molecule has 32 heavy (non-hydrogen) atoms. The highest BCUT2D eigenvalue weighted by molar-refractivity contribution is 6.99. The largest absolute Gasteiger partial charge is 0.404 e. The predicted octanol–water partition coefficient (Wildman–Crippen LogP) is 2.19. The highest BCUT2D eigenvalue weighted by Gasteiger charge is 2.60. The Morgan fingerprint density at radius 3 is 2.06 bits per heavy atom.